The van der Waals surface area contributed by atoms with E-state index in [1.54, 1.807) is 0 Å². The lowest BCUT2D eigenvalue weighted by molar-refractivity contribution is -0.0858. The molecule has 1 aromatic carbocycles. The van der Waals surface area contributed by atoms with E-state index in [4.69, 9.17) is 0 Å². The van der Waals surface area contributed by atoms with E-state index in [2.05, 4.69) is 81.4 Å². The largest absolute Gasteiger partial charge is 0.395 e. The molecule has 31 heavy (non-hydrogen) atoms. The molecule has 0 aliphatic heterocycles. The lowest BCUT2D eigenvalue weighted by Gasteiger charge is -2.40. The molecular weight excluding hydrogens is 388 g/mol. The Morgan fingerprint density at radius 1 is 0.677 bits per heavy atom. The number of hydrogen-bond acceptors (Lipinski definition) is 4. The topological polar surface area (TPSA) is 80.9 Å². The van der Waals surface area contributed by atoms with Gasteiger partial charge >= 0.3 is 0 Å². The molecular formula is C27H48O4. The molecule has 0 saturated heterocycles. The Hall–Kier alpha value is -0.940. The van der Waals surface area contributed by atoms with E-state index < -0.39 is 31.3 Å². The van der Waals surface area contributed by atoms with Crippen LogP contribution >= 0.6 is 0 Å². The monoisotopic (exact) mass is 436 g/mol. The molecule has 1 rings (SSSR count). The van der Waals surface area contributed by atoms with Crippen molar-refractivity contribution in [3.8, 4) is 0 Å². The normalized spacial score (nSPS) is 15.3. The number of benzene rings is 1. The average Bonchev–Trinajstić information content (AvgIpc) is 2.59. The van der Waals surface area contributed by atoms with Crippen LogP contribution in [-0.4, -0.2) is 40.2 Å². The summed E-state index contributed by atoms with van der Waals surface area (Å²) >= 11 is 0. The van der Waals surface area contributed by atoms with Crippen LogP contribution in [0, 0.1) is 16.2 Å². The molecule has 0 amide bonds. The van der Waals surface area contributed by atoms with Crippen molar-refractivity contribution in [3.63, 3.8) is 0 Å². The molecule has 0 spiro atoms. The Labute approximate surface area is 190 Å². The van der Waals surface area contributed by atoms with E-state index in [0.717, 1.165) is 18.4 Å². The third-order valence-electron chi connectivity index (χ3n) is 6.33. The van der Waals surface area contributed by atoms with Crippen molar-refractivity contribution in [2.24, 2.45) is 16.2 Å². The van der Waals surface area contributed by atoms with Gasteiger partial charge in [-0.05, 0) is 51.2 Å². The molecule has 0 aromatic heterocycles. The lowest BCUT2D eigenvalue weighted by Crippen LogP contribution is -2.41. The fourth-order valence-corrected chi connectivity index (χ4v) is 5.39. The van der Waals surface area contributed by atoms with Crippen LogP contribution in [0.15, 0.2) is 18.2 Å². The number of hydrogen-bond donors (Lipinski definition) is 4. The Morgan fingerprint density at radius 2 is 1.10 bits per heavy atom. The molecule has 4 nitrogen and oxygen atoms in total. The minimum absolute atomic E-state index is 0.0592. The van der Waals surface area contributed by atoms with Crippen LogP contribution in [-0.2, 0) is 10.8 Å². The maximum atomic E-state index is 11.3. The zero-order valence-electron chi connectivity index (χ0n) is 21.6. The summed E-state index contributed by atoms with van der Waals surface area (Å²) in [5.74, 6) is 0. The second-order valence-corrected chi connectivity index (χ2v) is 13.3. The maximum absolute atomic E-state index is 11.3. The predicted molar refractivity (Wildman–Crippen MR) is 129 cm³/mol. The minimum Gasteiger partial charge on any atom is -0.395 e. The molecule has 180 valence electrons. The molecule has 1 unspecified atom stereocenters. The summed E-state index contributed by atoms with van der Waals surface area (Å²) in [5.41, 5.74) is 1.42. The van der Waals surface area contributed by atoms with Gasteiger partial charge in [0.25, 0.3) is 0 Å². The summed E-state index contributed by atoms with van der Waals surface area (Å²) in [6.07, 6.45) is 0.726. The summed E-state index contributed by atoms with van der Waals surface area (Å²) in [7, 11) is 0. The van der Waals surface area contributed by atoms with Crippen LogP contribution < -0.4 is 0 Å². The van der Waals surface area contributed by atoms with Gasteiger partial charge in [0.2, 0.25) is 0 Å². The fraction of sp³-hybridized carbons (Fsp3) is 0.778. The SMILES string of the molecule is CC(C)(C)CC(C)(C)c1ccc(C(O)C(CO)(CO)CO)c(C(C)(C)CC(C)(C)C)c1. The zero-order valence-corrected chi connectivity index (χ0v) is 21.6. The Bertz CT molecular complexity index is 707. The van der Waals surface area contributed by atoms with Gasteiger partial charge in [-0.2, -0.15) is 0 Å². The summed E-state index contributed by atoms with van der Waals surface area (Å²) in [5, 5.41) is 41.0. The summed E-state index contributed by atoms with van der Waals surface area (Å²) in [6, 6.07) is 6.19. The number of aliphatic hydroxyl groups is 4. The van der Waals surface area contributed by atoms with E-state index >= 15 is 0 Å². The number of aliphatic hydroxyl groups excluding tert-OH is 4. The van der Waals surface area contributed by atoms with Gasteiger partial charge in [-0.3, -0.25) is 0 Å². The lowest BCUT2D eigenvalue weighted by atomic mass is 9.66. The van der Waals surface area contributed by atoms with Crippen LogP contribution in [0.25, 0.3) is 0 Å². The first-order valence-electron chi connectivity index (χ1n) is 11.5. The fourth-order valence-electron chi connectivity index (χ4n) is 5.39. The predicted octanol–water partition coefficient (Wildman–Crippen LogP) is 5.11. The van der Waals surface area contributed by atoms with Gasteiger partial charge in [-0.1, -0.05) is 87.4 Å². The molecule has 0 fully saturated rings. The van der Waals surface area contributed by atoms with Gasteiger partial charge in [-0.25, -0.2) is 0 Å². The van der Waals surface area contributed by atoms with E-state index in [1.807, 2.05) is 6.07 Å². The van der Waals surface area contributed by atoms with Crippen molar-refractivity contribution in [2.75, 3.05) is 19.8 Å². The summed E-state index contributed by atoms with van der Waals surface area (Å²) in [6.45, 7) is 20.7. The van der Waals surface area contributed by atoms with Gasteiger partial charge in [0.15, 0.2) is 0 Å². The third-order valence-corrected chi connectivity index (χ3v) is 6.33. The molecule has 0 saturated carbocycles. The highest BCUT2D eigenvalue weighted by Gasteiger charge is 2.41. The van der Waals surface area contributed by atoms with Crippen molar-refractivity contribution >= 4 is 0 Å². The van der Waals surface area contributed by atoms with Crippen molar-refractivity contribution in [1.29, 1.82) is 0 Å². The Kier molecular flexibility index (Phi) is 8.62. The summed E-state index contributed by atoms with van der Waals surface area (Å²) in [4.78, 5) is 0. The first-order chi connectivity index (χ1) is 13.8. The third kappa shape index (κ3) is 7.02. The van der Waals surface area contributed by atoms with Gasteiger partial charge in [0.05, 0.1) is 31.3 Å². The van der Waals surface area contributed by atoms with Gasteiger partial charge in [0, 0.05) is 0 Å². The van der Waals surface area contributed by atoms with Crippen molar-refractivity contribution in [3.05, 3.63) is 34.9 Å². The average molecular weight is 437 g/mol. The van der Waals surface area contributed by atoms with Gasteiger partial charge in [0.1, 0.15) is 0 Å². The van der Waals surface area contributed by atoms with E-state index in [0.29, 0.717) is 5.56 Å². The highest BCUT2D eigenvalue weighted by molar-refractivity contribution is 5.42. The molecule has 4 N–H and O–H groups in total. The molecule has 0 aliphatic rings. The van der Waals surface area contributed by atoms with Gasteiger partial charge in [-0.15, -0.1) is 0 Å². The highest BCUT2D eigenvalue weighted by atomic mass is 16.3. The van der Waals surface area contributed by atoms with E-state index in [-0.39, 0.29) is 21.7 Å². The molecule has 1 atom stereocenters. The molecule has 0 aliphatic carbocycles. The standard InChI is InChI=1S/C27H48O4/c1-23(2,3)14-25(7,8)19-11-12-20(22(31)27(16-28,17-29)18-30)21(13-19)26(9,10)15-24(4,5)6/h11-13,22,28-31H,14-18H2,1-10H3. The van der Waals surface area contributed by atoms with Crippen LogP contribution in [0.4, 0.5) is 0 Å². The Morgan fingerprint density at radius 3 is 1.48 bits per heavy atom. The first kappa shape index (κ1) is 28.1. The minimum atomic E-state index is -1.39. The summed E-state index contributed by atoms with van der Waals surface area (Å²) < 4.78 is 0. The molecule has 4 heteroatoms. The second kappa shape index (κ2) is 9.51. The van der Waals surface area contributed by atoms with Crippen molar-refractivity contribution < 1.29 is 20.4 Å². The van der Waals surface area contributed by atoms with Crippen LogP contribution in [0.2, 0.25) is 0 Å². The second-order valence-electron chi connectivity index (χ2n) is 13.3. The molecule has 0 heterocycles. The molecule has 0 bridgehead atoms. The smallest absolute Gasteiger partial charge is 0.0915 e. The molecule has 0 radical (unpaired) electrons. The Balaban J connectivity index is 3.73. The van der Waals surface area contributed by atoms with Crippen LogP contribution in [0.1, 0.15) is 105 Å². The van der Waals surface area contributed by atoms with E-state index in [9.17, 15) is 20.4 Å². The van der Waals surface area contributed by atoms with E-state index in [1.165, 1.54) is 5.56 Å². The van der Waals surface area contributed by atoms with Crippen LogP contribution in [0.5, 0.6) is 0 Å². The van der Waals surface area contributed by atoms with Crippen molar-refractivity contribution in [1.82, 2.24) is 0 Å². The van der Waals surface area contributed by atoms with Crippen molar-refractivity contribution in [2.45, 2.75) is 99.0 Å². The van der Waals surface area contributed by atoms with Crippen LogP contribution in [0.3, 0.4) is 0 Å². The highest BCUT2D eigenvalue weighted by Crippen LogP contribution is 2.45. The zero-order chi connectivity index (χ0) is 24.5. The maximum Gasteiger partial charge on any atom is 0.0915 e. The van der Waals surface area contributed by atoms with Gasteiger partial charge < -0.3 is 20.4 Å². The quantitative estimate of drug-likeness (QED) is 0.433. The number of rotatable bonds is 9. The first-order valence-corrected chi connectivity index (χ1v) is 11.5. The molecule has 1 aromatic rings.